The fourth-order valence-corrected chi connectivity index (χ4v) is 3.41. The molecular formula is C17H16Cl2N4O5S. The summed E-state index contributed by atoms with van der Waals surface area (Å²) in [5.74, 6) is -0.732. The Bertz CT molecular complexity index is 1090. The molecule has 2 aromatic rings. The first-order chi connectivity index (χ1) is 13.5. The highest BCUT2D eigenvalue weighted by molar-refractivity contribution is 7.92. The molecule has 29 heavy (non-hydrogen) atoms. The molecule has 12 heteroatoms. The number of aryl methyl sites for hydroxylation is 1. The number of hydrogen-bond acceptors (Lipinski definition) is 6. The van der Waals surface area contributed by atoms with Crippen molar-refractivity contribution in [3.05, 3.63) is 67.7 Å². The van der Waals surface area contributed by atoms with Crippen molar-refractivity contribution in [3.8, 4) is 0 Å². The molecule has 0 aliphatic rings. The van der Waals surface area contributed by atoms with Crippen LogP contribution in [0.5, 0.6) is 0 Å². The molecule has 9 nitrogen and oxygen atoms in total. The van der Waals surface area contributed by atoms with E-state index in [1.165, 1.54) is 30.3 Å². The lowest BCUT2D eigenvalue weighted by atomic mass is 10.2. The summed E-state index contributed by atoms with van der Waals surface area (Å²) in [5.41, 5.74) is 3.17. The van der Waals surface area contributed by atoms with Crippen LogP contribution in [0.1, 0.15) is 11.1 Å². The molecule has 0 saturated carbocycles. The smallest absolute Gasteiger partial charge is 0.270 e. The number of anilines is 1. The lowest BCUT2D eigenvalue weighted by Gasteiger charge is -2.21. The summed E-state index contributed by atoms with van der Waals surface area (Å²) in [6.07, 6.45) is 2.08. The van der Waals surface area contributed by atoms with Crippen LogP contribution in [0, 0.1) is 17.0 Å². The van der Waals surface area contributed by atoms with Gasteiger partial charge < -0.3 is 0 Å². The first kappa shape index (κ1) is 22.6. The van der Waals surface area contributed by atoms with Crippen LogP contribution in [0.25, 0.3) is 0 Å². The molecule has 0 aliphatic heterocycles. The number of nitrogens with one attached hydrogen (secondary N) is 1. The minimum Gasteiger partial charge on any atom is -0.271 e. The Labute approximate surface area is 177 Å². The number of nitro groups is 1. The van der Waals surface area contributed by atoms with Crippen molar-refractivity contribution in [2.75, 3.05) is 17.1 Å². The predicted octanol–water partition coefficient (Wildman–Crippen LogP) is 3.13. The average Bonchev–Trinajstić information content (AvgIpc) is 2.62. The van der Waals surface area contributed by atoms with E-state index in [1.807, 2.05) is 0 Å². The van der Waals surface area contributed by atoms with Crippen molar-refractivity contribution < 1.29 is 18.1 Å². The second kappa shape index (κ2) is 9.21. The maximum absolute atomic E-state index is 12.2. The molecule has 0 atom stereocenters. The maximum Gasteiger partial charge on any atom is 0.270 e. The zero-order valence-corrected chi connectivity index (χ0v) is 17.6. The minimum absolute atomic E-state index is 0.193. The van der Waals surface area contributed by atoms with Gasteiger partial charge in [-0.15, -0.1) is 0 Å². The molecule has 0 aliphatic carbocycles. The molecule has 2 rings (SSSR count). The second-order valence-electron chi connectivity index (χ2n) is 5.96. The van der Waals surface area contributed by atoms with Crippen molar-refractivity contribution in [2.24, 2.45) is 5.10 Å². The number of non-ortho nitro benzene ring substituents is 1. The molecule has 1 amide bonds. The Morgan fingerprint density at radius 2 is 1.93 bits per heavy atom. The van der Waals surface area contributed by atoms with Crippen LogP contribution in [-0.2, 0) is 14.8 Å². The largest absolute Gasteiger partial charge is 0.271 e. The van der Waals surface area contributed by atoms with E-state index in [4.69, 9.17) is 23.2 Å². The van der Waals surface area contributed by atoms with E-state index >= 15 is 0 Å². The molecule has 1 N–H and O–H groups in total. The van der Waals surface area contributed by atoms with Gasteiger partial charge in [-0.25, -0.2) is 13.8 Å². The van der Waals surface area contributed by atoms with Crippen LogP contribution < -0.4 is 9.73 Å². The molecule has 0 unspecified atom stereocenters. The van der Waals surface area contributed by atoms with E-state index in [0.717, 1.165) is 22.3 Å². The summed E-state index contributed by atoms with van der Waals surface area (Å²) in [4.78, 5) is 22.4. The number of nitro benzene ring substituents is 1. The fourth-order valence-electron chi connectivity index (χ4n) is 2.22. The fraction of sp³-hybridized carbons (Fsp3) is 0.176. The molecular weight excluding hydrogens is 443 g/mol. The summed E-state index contributed by atoms with van der Waals surface area (Å²) in [6.45, 7) is 1.22. The number of hydrogen-bond donors (Lipinski definition) is 1. The van der Waals surface area contributed by atoms with E-state index in [9.17, 15) is 23.3 Å². The van der Waals surface area contributed by atoms with Gasteiger partial charge in [-0.3, -0.25) is 19.2 Å². The van der Waals surface area contributed by atoms with Crippen molar-refractivity contribution in [2.45, 2.75) is 6.92 Å². The molecule has 0 fully saturated rings. The number of benzene rings is 2. The highest BCUT2D eigenvalue weighted by Gasteiger charge is 2.21. The summed E-state index contributed by atoms with van der Waals surface area (Å²) in [7, 11) is -3.78. The van der Waals surface area contributed by atoms with Gasteiger partial charge in [0, 0.05) is 27.7 Å². The Morgan fingerprint density at radius 3 is 2.52 bits per heavy atom. The van der Waals surface area contributed by atoms with Crippen LogP contribution in [0.15, 0.2) is 41.5 Å². The highest BCUT2D eigenvalue weighted by atomic mass is 35.5. The second-order valence-corrected chi connectivity index (χ2v) is 8.68. The van der Waals surface area contributed by atoms with Crippen LogP contribution in [0.2, 0.25) is 10.0 Å². The van der Waals surface area contributed by atoms with Crippen LogP contribution in [0.3, 0.4) is 0 Å². The van der Waals surface area contributed by atoms with E-state index in [1.54, 1.807) is 13.0 Å². The third-order valence-electron chi connectivity index (χ3n) is 3.71. The molecule has 2 aromatic carbocycles. The van der Waals surface area contributed by atoms with Gasteiger partial charge in [-0.1, -0.05) is 29.3 Å². The number of sulfonamides is 1. The van der Waals surface area contributed by atoms with Crippen molar-refractivity contribution in [1.29, 1.82) is 0 Å². The summed E-state index contributed by atoms with van der Waals surface area (Å²) >= 11 is 12.0. The monoisotopic (exact) mass is 458 g/mol. The number of nitrogens with zero attached hydrogens (tertiary/aromatic N) is 3. The van der Waals surface area contributed by atoms with Gasteiger partial charge >= 0.3 is 0 Å². The first-order valence-electron chi connectivity index (χ1n) is 7.98. The SMILES string of the molecule is Cc1ccc(N(CC(=O)N/N=C\c2cc([N+](=O)[O-])ccc2Cl)S(C)(=O)=O)cc1Cl. The summed E-state index contributed by atoms with van der Waals surface area (Å²) in [5, 5.41) is 15.1. The first-order valence-corrected chi connectivity index (χ1v) is 10.6. The van der Waals surface area contributed by atoms with E-state index in [-0.39, 0.29) is 22.0 Å². The van der Waals surface area contributed by atoms with Crippen LogP contribution >= 0.6 is 23.2 Å². The van der Waals surface area contributed by atoms with Gasteiger partial charge in [-0.2, -0.15) is 5.10 Å². The van der Waals surface area contributed by atoms with E-state index in [0.29, 0.717) is 5.02 Å². The predicted molar refractivity (Wildman–Crippen MR) is 112 cm³/mol. The van der Waals surface area contributed by atoms with Gasteiger partial charge in [0.1, 0.15) is 6.54 Å². The quantitative estimate of drug-likeness (QED) is 0.387. The number of rotatable bonds is 7. The standard InChI is InChI=1S/C17H16Cl2N4O5S/c1-11-3-4-13(8-16(11)19)22(29(2,27)28)10-17(24)21-20-9-12-7-14(23(25)26)5-6-15(12)18/h3-9H,10H2,1-2H3,(H,21,24)/b20-9-. The van der Waals surface area contributed by atoms with E-state index in [2.05, 4.69) is 10.5 Å². The average molecular weight is 459 g/mol. The molecule has 0 saturated heterocycles. The zero-order chi connectivity index (χ0) is 21.8. The number of hydrazone groups is 1. The summed E-state index contributed by atoms with van der Waals surface area (Å²) < 4.78 is 25.1. The lowest BCUT2D eigenvalue weighted by Crippen LogP contribution is -2.39. The Balaban J connectivity index is 2.15. The molecule has 0 spiro atoms. The number of halogens is 2. The van der Waals surface area contributed by atoms with Gasteiger partial charge in [0.15, 0.2) is 0 Å². The van der Waals surface area contributed by atoms with E-state index < -0.39 is 27.4 Å². The molecule has 0 bridgehead atoms. The zero-order valence-electron chi connectivity index (χ0n) is 15.3. The van der Waals surface area contributed by atoms with Gasteiger partial charge in [0.25, 0.3) is 11.6 Å². The van der Waals surface area contributed by atoms with Crippen molar-refractivity contribution in [1.82, 2.24) is 5.43 Å². The number of carbonyl (C=O) groups is 1. The number of carbonyl (C=O) groups excluding carboxylic acids is 1. The van der Waals surface area contributed by atoms with Crippen LogP contribution in [-0.4, -0.2) is 38.3 Å². The Hall–Kier alpha value is -2.69. The molecule has 0 radical (unpaired) electrons. The highest BCUT2D eigenvalue weighted by Crippen LogP contribution is 2.24. The van der Waals surface area contributed by atoms with Crippen LogP contribution in [0.4, 0.5) is 11.4 Å². The third kappa shape index (κ3) is 6.14. The van der Waals surface area contributed by atoms with Gasteiger partial charge in [-0.05, 0) is 30.7 Å². The summed E-state index contributed by atoms with van der Waals surface area (Å²) in [6, 6.07) is 8.36. The minimum atomic E-state index is -3.78. The van der Waals surface area contributed by atoms with Crippen molar-refractivity contribution in [3.63, 3.8) is 0 Å². The Morgan fingerprint density at radius 1 is 1.24 bits per heavy atom. The maximum atomic E-state index is 12.2. The Kier molecular flexibility index (Phi) is 7.17. The van der Waals surface area contributed by atoms with Gasteiger partial charge in [0.2, 0.25) is 10.0 Å². The number of amides is 1. The third-order valence-corrected chi connectivity index (χ3v) is 5.61. The lowest BCUT2D eigenvalue weighted by molar-refractivity contribution is -0.384. The molecule has 0 heterocycles. The topological polar surface area (TPSA) is 122 Å². The molecule has 0 aromatic heterocycles. The normalized spacial score (nSPS) is 11.4. The molecule has 154 valence electrons. The van der Waals surface area contributed by atoms with Crippen molar-refractivity contribution >= 4 is 56.7 Å². The van der Waals surface area contributed by atoms with Gasteiger partial charge in [0.05, 0.1) is 23.1 Å².